The second-order valence-electron chi connectivity index (χ2n) is 7.10. The number of hydrogen-bond acceptors (Lipinski definition) is 2. The Morgan fingerprint density at radius 1 is 1.16 bits per heavy atom. The van der Waals surface area contributed by atoms with Crippen molar-refractivity contribution in [3.05, 3.63) is 0 Å². The van der Waals surface area contributed by atoms with Gasteiger partial charge in [0.05, 0.1) is 11.8 Å². The minimum absolute atomic E-state index is 0.0514. The Hall–Kier alpha value is -1.06. The Balaban J connectivity index is 1.98. The number of carboxylic acids is 1. The van der Waals surface area contributed by atoms with Gasteiger partial charge in [-0.3, -0.25) is 9.59 Å². The monoisotopic (exact) mass is 267 g/mol. The van der Waals surface area contributed by atoms with Crippen molar-refractivity contribution in [2.45, 2.75) is 47.0 Å². The van der Waals surface area contributed by atoms with Gasteiger partial charge in [-0.15, -0.1) is 0 Å². The lowest BCUT2D eigenvalue weighted by Gasteiger charge is -2.39. The molecule has 0 bridgehead atoms. The van der Waals surface area contributed by atoms with Gasteiger partial charge in [0, 0.05) is 13.1 Å². The molecule has 1 heterocycles. The molecule has 4 heteroatoms. The minimum Gasteiger partial charge on any atom is -0.481 e. The molecule has 1 amide bonds. The first kappa shape index (κ1) is 14.4. The van der Waals surface area contributed by atoms with E-state index in [9.17, 15) is 9.59 Å². The fraction of sp³-hybridized carbons (Fsp3) is 0.867. The van der Waals surface area contributed by atoms with Crippen LogP contribution in [0.1, 0.15) is 47.0 Å². The van der Waals surface area contributed by atoms with E-state index in [1.807, 2.05) is 18.7 Å². The highest BCUT2D eigenvalue weighted by molar-refractivity contribution is 5.91. The molecule has 0 aromatic heterocycles. The van der Waals surface area contributed by atoms with Crippen LogP contribution in [0.5, 0.6) is 0 Å². The summed E-state index contributed by atoms with van der Waals surface area (Å²) in [6.07, 6.45) is 3.20. The maximum atomic E-state index is 12.5. The van der Waals surface area contributed by atoms with E-state index < -0.39 is 11.9 Å². The average Bonchev–Trinajstić information content (AvgIpc) is 2.93. The zero-order valence-corrected chi connectivity index (χ0v) is 12.4. The van der Waals surface area contributed by atoms with Crippen molar-refractivity contribution < 1.29 is 14.7 Å². The van der Waals surface area contributed by atoms with Gasteiger partial charge in [-0.1, -0.05) is 34.1 Å². The number of likely N-dealkylation sites (tertiary alicyclic amines) is 1. The molecule has 0 aromatic carbocycles. The highest BCUT2D eigenvalue weighted by atomic mass is 16.4. The van der Waals surface area contributed by atoms with E-state index in [0.717, 1.165) is 32.4 Å². The molecule has 2 atom stereocenters. The molecule has 4 nitrogen and oxygen atoms in total. The van der Waals surface area contributed by atoms with Gasteiger partial charge in [-0.2, -0.15) is 0 Å². The van der Waals surface area contributed by atoms with Crippen LogP contribution in [-0.4, -0.2) is 35.0 Å². The van der Waals surface area contributed by atoms with Crippen molar-refractivity contribution in [2.24, 2.45) is 22.7 Å². The molecule has 19 heavy (non-hydrogen) atoms. The van der Waals surface area contributed by atoms with Crippen LogP contribution in [0.4, 0.5) is 0 Å². The molecule has 1 N–H and O–H groups in total. The zero-order chi connectivity index (χ0) is 14.4. The van der Waals surface area contributed by atoms with E-state index in [2.05, 4.69) is 13.8 Å². The van der Waals surface area contributed by atoms with Gasteiger partial charge in [0.15, 0.2) is 0 Å². The Morgan fingerprint density at radius 2 is 1.68 bits per heavy atom. The van der Waals surface area contributed by atoms with Crippen LogP contribution in [-0.2, 0) is 9.59 Å². The van der Waals surface area contributed by atoms with Crippen LogP contribution in [0.15, 0.2) is 0 Å². The predicted molar refractivity (Wildman–Crippen MR) is 72.6 cm³/mol. The first-order valence-electron chi connectivity index (χ1n) is 7.24. The average molecular weight is 267 g/mol. The van der Waals surface area contributed by atoms with Crippen LogP contribution in [0.25, 0.3) is 0 Å². The standard InChI is InChI=1S/C15H25NO3/c1-5-15(4)6-8-16(9-7-15)12(17)10-11(13(18)19)14(10,2)3/h10-11H,5-9H2,1-4H3,(H,18,19)/t10-,11+/m1/s1. The third-order valence-corrected chi connectivity index (χ3v) is 5.50. The quantitative estimate of drug-likeness (QED) is 0.854. The largest absolute Gasteiger partial charge is 0.481 e. The third kappa shape index (κ3) is 2.37. The number of aliphatic carboxylic acids is 1. The number of carbonyl (C=O) groups excluding carboxylic acids is 1. The summed E-state index contributed by atoms with van der Waals surface area (Å²) in [5.74, 6) is -1.61. The van der Waals surface area contributed by atoms with Crippen molar-refractivity contribution in [3.63, 3.8) is 0 Å². The normalized spacial score (nSPS) is 31.9. The van der Waals surface area contributed by atoms with E-state index in [1.165, 1.54) is 0 Å². The molecule has 0 spiro atoms. The number of amides is 1. The summed E-state index contributed by atoms with van der Waals surface area (Å²) < 4.78 is 0. The van der Waals surface area contributed by atoms with E-state index >= 15 is 0 Å². The summed E-state index contributed by atoms with van der Waals surface area (Å²) in [5.41, 5.74) is -0.0313. The molecule has 0 aromatic rings. The Labute approximate surface area is 115 Å². The van der Waals surface area contributed by atoms with Gasteiger partial charge < -0.3 is 10.0 Å². The second-order valence-corrected chi connectivity index (χ2v) is 7.10. The van der Waals surface area contributed by atoms with Crippen molar-refractivity contribution in [2.75, 3.05) is 13.1 Å². The fourth-order valence-corrected chi connectivity index (χ4v) is 3.38. The molecule has 1 aliphatic carbocycles. The van der Waals surface area contributed by atoms with Crippen molar-refractivity contribution in [3.8, 4) is 0 Å². The summed E-state index contributed by atoms with van der Waals surface area (Å²) in [4.78, 5) is 25.5. The van der Waals surface area contributed by atoms with Gasteiger partial charge in [0.1, 0.15) is 0 Å². The number of carbonyl (C=O) groups is 2. The molecule has 0 unspecified atom stereocenters. The van der Waals surface area contributed by atoms with Crippen LogP contribution in [0.3, 0.4) is 0 Å². The van der Waals surface area contributed by atoms with Crippen LogP contribution in [0, 0.1) is 22.7 Å². The predicted octanol–water partition coefficient (Wildman–Crippen LogP) is 2.38. The Bertz CT molecular complexity index is 394. The highest BCUT2D eigenvalue weighted by Crippen LogP contribution is 2.59. The number of nitrogens with zero attached hydrogens (tertiary/aromatic N) is 1. The van der Waals surface area contributed by atoms with E-state index in [0.29, 0.717) is 5.41 Å². The van der Waals surface area contributed by atoms with Gasteiger partial charge in [0.2, 0.25) is 5.91 Å². The molecular weight excluding hydrogens is 242 g/mol. The summed E-state index contributed by atoms with van der Waals surface area (Å²) in [6.45, 7) is 9.80. The maximum Gasteiger partial charge on any atom is 0.307 e. The summed E-state index contributed by atoms with van der Waals surface area (Å²) in [5, 5.41) is 9.16. The van der Waals surface area contributed by atoms with Gasteiger partial charge in [-0.05, 0) is 23.7 Å². The molecule has 0 radical (unpaired) electrons. The second kappa shape index (κ2) is 4.50. The Morgan fingerprint density at radius 3 is 2.05 bits per heavy atom. The van der Waals surface area contributed by atoms with E-state index in [4.69, 9.17) is 5.11 Å². The fourth-order valence-electron chi connectivity index (χ4n) is 3.38. The SMILES string of the molecule is CCC1(C)CCN(C(=O)[C@H]2[C@@H](C(=O)O)C2(C)C)CC1. The van der Waals surface area contributed by atoms with E-state index in [1.54, 1.807) is 0 Å². The lowest BCUT2D eigenvalue weighted by atomic mass is 9.78. The number of piperidine rings is 1. The topological polar surface area (TPSA) is 57.6 Å². The highest BCUT2D eigenvalue weighted by Gasteiger charge is 2.66. The van der Waals surface area contributed by atoms with E-state index in [-0.39, 0.29) is 17.2 Å². The summed E-state index contributed by atoms with van der Waals surface area (Å²) >= 11 is 0. The third-order valence-electron chi connectivity index (χ3n) is 5.50. The number of hydrogen-bond donors (Lipinski definition) is 1. The molecule has 1 aliphatic heterocycles. The smallest absolute Gasteiger partial charge is 0.307 e. The zero-order valence-electron chi connectivity index (χ0n) is 12.4. The summed E-state index contributed by atoms with van der Waals surface area (Å²) in [6, 6.07) is 0. The molecule has 1 saturated carbocycles. The molecule has 2 fully saturated rings. The molecule has 2 rings (SSSR count). The van der Waals surface area contributed by atoms with Crippen LogP contribution >= 0.6 is 0 Å². The lowest BCUT2D eigenvalue weighted by molar-refractivity contribution is -0.142. The molecule has 108 valence electrons. The first-order valence-corrected chi connectivity index (χ1v) is 7.24. The van der Waals surface area contributed by atoms with Crippen molar-refractivity contribution >= 4 is 11.9 Å². The van der Waals surface area contributed by atoms with Crippen LogP contribution in [0.2, 0.25) is 0 Å². The lowest BCUT2D eigenvalue weighted by Crippen LogP contribution is -2.43. The minimum atomic E-state index is -0.834. The number of carboxylic acid groups (broad SMARTS) is 1. The van der Waals surface area contributed by atoms with Gasteiger partial charge in [-0.25, -0.2) is 0 Å². The van der Waals surface area contributed by atoms with Crippen LogP contribution < -0.4 is 0 Å². The maximum absolute atomic E-state index is 12.5. The van der Waals surface area contributed by atoms with Gasteiger partial charge >= 0.3 is 5.97 Å². The van der Waals surface area contributed by atoms with Gasteiger partial charge in [0.25, 0.3) is 0 Å². The molecule has 2 aliphatic rings. The Kier molecular flexibility index (Phi) is 3.40. The molecule has 1 saturated heterocycles. The summed E-state index contributed by atoms with van der Waals surface area (Å²) in [7, 11) is 0. The first-order chi connectivity index (χ1) is 8.73. The van der Waals surface area contributed by atoms with Crippen molar-refractivity contribution in [1.29, 1.82) is 0 Å². The molecular formula is C15H25NO3. The van der Waals surface area contributed by atoms with Crippen molar-refractivity contribution in [1.82, 2.24) is 4.90 Å². The number of rotatable bonds is 3.